The molecule has 2 rings (SSSR count). The van der Waals surface area contributed by atoms with Gasteiger partial charge in [0.1, 0.15) is 0 Å². The van der Waals surface area contributed by atoms with Gasteiger partial charge in [-0.3, -0.25) is 0 Å². The summed E-state index contributed by atoms with van der Waals surface area (Å²) in [6.07, 6.45) is 3.22. The monoisotopic (exact) mass is 236 g/mol. The minimum Gasteiger partial charge on any atom is -0.461 e. The number of aryl methyl sites for hydroxylation is 1. The van der Waals surface area contributed by atoms with E-state index >= 15 is 0 Å². The zero-order chi connectivity index (χ0) is 12.3. The highest BCUT2D eigenvalue weighted by Gasteiger charge is 2.15. The molecule has 5 heteroatoms. The molecule has 0 aliphatic heterocycles. The van der Waals surface area contributed by atoms with Gasteiger partial charge in [-0.2, -0.15) is 4.98 Å². The summed E-state index contributed by atoms with van der Waals surface area (Å²) in [6.45, 7) is 3.94. The van der Waals surface area contributed by atoms with Gasteiger partial charge in [-0.1, -0.05) is 18.5 Å². The van der Waals surface area contributed by atoms with Gasteiger partial charge in [0.05, 0.1) is 18.8 Å². The second-order valence-corrected chi connectivity index (χ2v) is 4.09. The quantitative estimate of drug-likeness (QED) is 0.862. The second-order valence-electron chi connectivity index (χ2n) is 4.09. The highest BCUT2D eigenvalue weighted by molar-refractivity contribution is 5.50. The summed E-state index contributed by atoms with van der Waals surface area (Å²) in [5.41, 5.74) is 0.964. The van der Waals surface area contributed by atoms with Gasteiger partial charge in [0, 0.05) is 0 Å². The number of aromatic nitrogens is 2. The molecule has 2 aromatic heterocycles. The topological polar surface area (TPSA) is 72.3 Å². The van der Waals surface area contributed by atoms with E-state index in [9.17, 15) is 5.11 Å². The van der Waals surface area contributed by atoms with E-state index < -0.39 is 6.10 Å². The Labute approximate surface area is 99.5 Å². The molecular weight excluding hydrogens is 220 g/mol. The summed E-state index contributed by atoms with van der Waals surface area (Å²) in [7, 11) is 0. The van der Waals surface area contributed by atoms with E-state index in [2.05, 4.69) is 10.1 Å². The van der Waals surface area contributed by atoms with Gasteiger partial charge in [0.25, 0.3) is 0 Å². The van der Waals surface area contributed by atoms with Crippen molar-refractivity contribution < 1.29 is 14.0 Å². The predicted molar refractivity (Wildman–Crippen MR) is 61.4 cm³/mol. The third kappa shape index (κ3) is 2.74. The van der Waals surface area contributed by atoms with E-state index in [0.29, 0.717) is 23.9 Å². The molecule has 0 saturated carbocycles. The Kier molecular flexibility index (Phi) is 3.58. The van der Waals surface area contributed by atoms with Crippen LogP contribution >= 0.6 is 0 Å². The Balaban J connectivity index is 2.09. The van der Waals surface area contributed by atoms with E-state index in [1.807, 2.05) is 19.9 Å². The summed E-state index contributed by atoms with van der Waals surface area (Å²) in [6, 6.07) is 1.84. The van der Waals surface area contributed by atoms with Gasteiger partial charge in [0.2, 0.25) is 11.7 Å². The summed E-state index contributed by atoms with van der Waals surface area (Å²) in [5.74, 6) is 1.49. The van der Waals surface area contributed by atoms with Crippen molar-refractivity contribution in [2.45, 2.75) is 39.2 Å². The molecule has 17 heavy (non-hydrogen) atoms. The summed E-state index contributed by atoms with van der Waals surface area (Å²) in [5, 5.41) is 13.5. The van der Waals surface area contributed by atoms with Crippen LogP contribution in [0.15, 0.2) is 21.3 Å². The fourth-order valence-corrected chi connectivity index (χ4v) is 1.67. The van der Waals surface area contributed by atoms with Gasteiger partial charge >= 0.3 is 0 Å². The lowest BCUT2D eigenvalue weighted by atomic mass is 10.1. The van der Waals surface area contributed by atoms with Crippen molar-refractivity contribution in [3.63, 3.8) is 0 Å². The first-order chi connectivity index (χ1) is 8.20. The van der Waals surface area contributed by atoms with Gasteiger partial charge < -0.3 is 14.0 Å². The number of aliphatic hydroxyl groups is 1. The number of hydrogen-bond donors (Lipinski definition) is 1. The van der Waals surface area contributed by atoms with E-state index in [-0.39, 0.29) is 0 Å². The van der Waals surface area contributed by atoms with Crippen LogP contribution in [0.1, 0.15) is 31.2 Å². The number of furan rings is 1. The normalized spacial score (nSPS) is 12.9. The lowest BCUT2D eigenvalue weighted by Crippen LogP contribution is -2.09. The molecule has 1 atom stereocenters. The largest absolute Gasteiger partial charge is 0.461 e. The van der Waals surface area contributed by atoms with Gasteiger partial charge in [-0.15, -0.1) is 0 Å². The number of rotatable bonds is 5. The molecule has 1 unspecified atom stereocenters. The van der Waals surface area contributed by atoms with Crippen LogP contribution < -0.4 is 0 Å². The molecule has 2 aromatic rings. The van der Waals surface area contributed by atoms with Crippen LogP contribution in [0.3, 0.4) is 0 Å². The van der Waals surface area contributed by atoms with Crippen LogP contribution in [0.2, 0.25) is 0 Å². The van der Waals surface area contributed by atoms with Gasteiger partial charge in [-0.05, 0) is 25.0 Å². The standard InChI is InChI=1S/C12H16N2O3/c1-3-4-9(15)7-10-13-12(14-17-10)11-8(2)5-6-16-11/h5-6,9,15H,3-4,7H2,1-2H3. The van der Waals surface area contributed by atoms with E-state index in [0.717, 1.165) is 18.4 Å². The Morgan fingerprint density at radius 2 is 2.29 bits per heavy atom. The molecule has 5 nitrogen and oxygen atoms in total. The average Bonchev–Trinajstić information content (AvgIpc) is 2.87. The van der Waals surface area contributed by atoms with Crippen molar-refractivity contribution in [2.24, 2.45) is 0 Å². The molecule has 0 saturated heterocycles. The summed E-state index contributed by atoms with van der Waals surface area (Å²) >= 11 is 0. The maximum atomic E-state index is 9.65. The molecule has 0 fully saturated rings. The minimum absolute atomic E-state index is 0.389. The molecule has 2 heterocycles. The fraction of sp³-hybridized carbons (Fsp3) is 0.500. The second kappa shape index (κ2) is 5.14. The van der Waals surface area contributed by atoms with Crippen LogP contribution in [0.4, 0.5) is 0 Å². The zero-order valence-corrected chi connectivity index (χ0v) is 10.0. The molecule has 1 N–H and O–H groups in total. The number of hydrogen-bond acceptors (Lipinski definition) is 5. The Hall–Kier alpha value is -1.62. The van der Waals surface area contributed by atoms with Crippen LogP contribution in [0.5, 0.6) is 0 Å². The van der Waals surface area contributed by atoms with Crippen molar-refractivity contribution in [1.29, 1.82) is 0 Å². The minimum atomic E-state index is -0.425. The highest BCUT2D eigenvalue weighted by Crippen LogP contribution is 2.21. The Morgan fingerprint density at radius 3 is 2.94 bits per heavy atom. The smallest absolute Gasteiger partial charge is 0.238 e. The van der Waals surface area contributed by atoms with Gasteiger partial charge in [0.15, 0.2) is 5.76 Å². The molecule has 0 aromatic carbocycles. The summed E-state index contributed by atoms with van der Waals surface area (Å²) in [4.78, 5) is 4.20. The zero-order valence-electron chi connectivity index (χ0n) is 10.0. The first-order valence-corrected chi connectivity index (χ1v) is 5.75. The van der Waals surface area contributed by atoms with E-state index in [1.165, 1.54) is 0 Å². The first-order valence-electron chi connectivity index (χ1n) is 5.75. The third-order valence-corrected chi connectivity index (χ3v) is 2.57. The highest BCUT2D eigenvalue weighted by atomic mass is 16.5. The predicted octanol–water partition coefficient (Wildman–Crippen LogP) is 2.34. The van der Waals surface area contributed by atoms with Crippen molar-refractivity contribution in [3.05, 3.63) is 23.8 Å². The van der Waals surface area contributed by atoms with Crippen LogP contribution in [0, 0.1) is 6.92 Å². The maximum Gasteiger partial charge on any atom is 0.238 e. The lowest BCUT2D eigenvalue weighted by molar-refractivity contribution is 0.152. The summed E-state index contributed by atoms with van der Waals surface area (Å²) < 4.78 is 10.3. The molecular formula is C12H16N2O3. The van der Waals surface area contributed by atoms with Crippen LogP contribution in [-0.2, 0) is 6.42 Å². The number of aliphatic hydroxyl groups excluding tert-OH is 1. The molecule has 0 aliphatic rings. The van der Waals surface area contributed by atoms with Crippen molar-refractivity contribution in [1.82, 2.24) is 10.1 Å². The third-order valence-electron chi connectivity index (χ3n) is 2.57. The van der Waals surface area contributed by atoms with Crippen molar-refractivity contribution in [2.75, 3.05) is 0 Å². The molecule has 0 amide bonds. The average molecular weight is 236 g/mol. The molecule has 92 valence electrons. The molecule has 0 bridgehead atoms. The van der Waals surface area contributed by atoms with Crippen LogP contribution in [0.25, 0.3) is 11.6 Å². The van der Waals surface area contributed by atoms with Crippen LogP contribution in [-0.4, -0.2) is 21.4 Å². The molecule has 0 radical (unpaired) electrons. The molecule has 0 spiro atoms. The van der Waals surface area contributed by atoms with E-state index in [4.69, 9.17) is 8.94 Å². The van der Waals surface area contributed by atoms with Gasteiger partial charge in [-0.25, -0.2) is 0 Å². The maximum absolute atomic E-state index is 9.65. The number of nitrogens with zero attached hydrogens (tertiary/aromatic N) is 2. The van der Waals surface area contributed by atoms with Crippen molar-refractivity contribution in [3.8, 4) is 11.6 Å². The SMILES string of the molecule is CCCC(O)Cc1nc(-c2occc2C)no1. The fourth-order valence-electron chi connectivity index (χ4n) is 1.67. The van der Waals surface area contributed by atoms with E-state index in [1.54, 1.807) is 6.26 Å². The Bertz CT molecular complexity index is 476. The molecule has 0 aliphatic carbocycles. The Morgan fingerprint density at radius 1 is 1.47 bits per heavy atom. The first kappa shape index (κ1) is 11.9. The van der Waals surface area contributed by atoms with Crippen molar-refractivity contribution >= 4 is 0 Å². The lowest BCUT2D eigenvalue weighted by Gasteiger charge is -2.03.